The van der Waals surface area contributed by atoms with E-state index in [9.17, 15) is 9.18 Å². The number of hydrogen-bond acceptors (Lipinski definition) is 5. The Balaban J connectivity index is 1.53. The minimum absolute atomic E-state index is 0.245. The van der Waals surface area contributed by atoms with E-state index in [4.69, 9.17) is 5.26 Å². The second-order valence-corrected chi connectivity index (χ2v) is 6.77. The van der Waals surface area contributed by atoms with Crippen LogP contribution in [0.1, 0.15) is 15.9 Å². The van der Waals surface area contributed by atoms with Gasteiger partial charge in [-0.25, -0.2) is 14.4 Å². The lowest BCUT2D eigenvalue weighted by Crippen LogP contribution is -2.29. The molecule has 0 aliphatic carbocycles. The molecule has 6 nitrogen and oxygen atoms in total. The Morgan fingerprint density at radius 1 is 1.03 bits per heavy atom. The minimum Gasteiger partial charge on any atom is -0.367 e. The van der Waals surface area contributed by atoms with Gasteiger partial charge >= 0.3 is 0 Å². The number of pyridine rings is 2. The van der Waals surface area contributed by atoms with Crippen molar-refractivity contribution in [1.29, 1.82) is 5.26 Å². The fourth-order valence-corrected chi connectivity index (χ4v) is 3.22. The number of nitriles is 1. The maximum atomic E-state index is 13.3. The number of amides is 1. The zero-order valence-electron chi connectivity index (χ0n) is 16.5. The summed E-state index contributed by atoms with van der Waals surface area (Å²) in [6.45, 7) is 0.744. The quantitative estimate of drug-likeness (QED) is 0.465. The highest BCUT2D eigenvalue weighted by Crippen LogP contribution is 2.25. The predicted molar refractivity (Wildman–Crippen MR) is 117 cm³/mol. The molecule has 0 spiro atoms. The molecule has 2 N–H and O–H groups in total. The summed E-state index contributed by atoms with van der Waals surface area (Å²) in [5, 5.41) is 15.8. The highest BCUT2D eigenvalue weighted by Gasteiger charge is 2.14. The van der Waals surface area contributed by atoms with E-state index in [1.807, 2.05) is 24.3 Å². The first-order valence-corrected chi connectivity index (χ1v) is 9.68. The van der Waals surface area contributed by atoms with Crippen LogP contribution >= 0.6 is 0 Å². The van der Waals surface area contributed by atoms with Crippen molar-refractivity contribution in [2.75, 3.05) is 18.4 Å². The van der Waals surface area contributed by atoms with Gasteiger partial charge in [-0.2, -0.15) is 5.26 Å². The summed E-state index contributed by atoms with van der Waals surface area (Å²) >= 11 is 0. The Bertz CT molecular complexity index is 1280. The van der Waals surface area contributed by atoms with Gasteiger partial charge in [0.1, 0.15) is 17.7 Å². The lowest BCUT2D eigenvalue weighted by atomic mass is 10.0. The number of para-hydroxylation sites is 1. The molecule has 0 atom stereocenters. The number of aromatic nitrogens is 2. The summed E-state index contributed by atoms with van der Waals surface area (Å²) in [6, 6.07) is 20.5. The van der Waals surface area contributed by atoms with E-state index < -0.39 is 0 Å². The minimum atomic E-state index is -0.331. The molecule has 4 aromatic rings. The van der Waals surface area contributed by atoms with Crippen molar-refractivity contribution >= 4 is 22.6 Å². The van der Waals surface area contributed by atoms with Crippen LogP contribution in [0.4, 0.5) is 10.2 Å². The number of carbonyl (C=O) groups is 1. The molecule has 0 bridgehead atoms. The van der Waals surface area contributed by atoms with Gasteiger partial charge in [0.2, 0.25) is 0 Å². The molecule has 2 aromatic heterocycles. The number of hydrogen-bond donors (Lipinski definition) is 2. The van der Waals surface area contributed by atoms with E-state index in [1.54, 1.807) is 36.5 Å². The maximum absolute atomic E-state index is 13.3. The average molecular weight is 411 g/mol. The van der Waals surface area contributed by atoms with Crippen LogP contribution in [0.25, 0.3) is 22.2 Å². The summed E-state index contributed by atoms with van der Waals surface area (Å²) < 4.78 is 13.3. The third-order valence-electron chi connectivity index (χ3n) is 4.73. The SMILES string of the molecule is N#Cc1cccnc1NCCNC(=O)c1cc(-c2ccc(F)cc2)nc2ccccc12. The second kappa shape index (κ2) is 9.01. The molecule has 2 heterocycles. The van der Waals surface area contributed by atoms with Gasteiger partial charge in [-0.15, -0.1) is 0 Å². The molecule has 31 heavy (non-hydrogen) atoms. The van der Waals surface area contributed by atoms with Gasteiger partial charge in [-0.05, 0) is 48.5 Å². The zero-order chi connectivity index (χ0) is 21.6. The van der Waals surface area contributed by atoms with Crippen molar-refractivity contribution in [3.05, 3.63) is 89.9 Å². The van der Waals surface area contributed by atoms with Crippen LogP contribution in [0.15, 0.2) is 72.9 Å². The van der Waals surface area contributed by atoms with Crippen molar-refractivity contribution < 1.29 is 9.18 Å². The van der Waals surface area contributed by atoms with Crippen molar-refractivity contribution in [2.24, 2.45) is 0 Å². The fourth-order valence-electron chi connectivity index (χ4n) is 3.22. The van der Waals surface area contributed by atoms with Gasteiger partial charge in [-0.1, -0.05) is 18.2 Å². The summed E-state index contributed by atoms with van der Waals surface area (Å²) in [5.74, 6) is -0.0973. The molecule has 4 rings (SSSR count). The smallest absolute Gasteiger partial charge is 0.252 e. The highest BCUT2D eigenvalue weighted by atomic mass is 19.1. The largest absolute Gasteiger partial charge is 0.367 e. The molecule has 2 aromatic carbocycles. The summed E-state index contributed by atoms with van der Waals surface area (Å²) in [5.41, 5.74) is 2.93. The van der Waals surface area contributed by atoms with Crippen LogP contribution in [-0.2, 0) is 0 Å². The van der Waals surface area contributed by atoms with Crippen LogP contribution in [0.5, 0.6) is 0 Å². The summed E-state index contributed by atoms with van der Waals surface area (Å²) in [7, 11) is 0. The third kappa shape index (κ3) is 4.49. The van der Waals surface area contributed by atoms with E-state index in [0.717, 1.165) is 10.9 Å². The van der Waals surface area contributed by atoms with Crippen molar-refractivity contribution in [3.63, 3.8) is 0 Å². The lowest BCUT2D eigenvalue weighted by Gasteiger charge is -2.11. The van der Waals surface area contributed by atoms with Crippen molar-refractivity contribution in [2.45, 2.75) is 0 Å². The van der Waals surface area contributed by atoms with Gasteiger partial charge in [0.25, 0.3) is 5.91 Å². The van der Waals surface area contributed by atoms with E-state index in [-0.39, 0.29) is 11.7 Å². The van der Waals surface area contributed by atoms with E-state index >= 15 is 0 Å². The van der Waals surface area contributed by atoms with Crippen molar-refractivity contribution in [1.82, 2.24) is 15.3 Å². The molecule has 0 aliphatic rings. The van der Waals surface area contributed by atoms with Crippen LogP contribution in [-0.4, -0.2) is 29.0 Å². The molecule has 0 aliphatic heterocycles. The molecule has 152 valence electrons. The van der Waals surface area contributed by atoms with E-state index in [2.05, 4.69) is 26.7 Å². The average Bonchev–Trinajstić information content (AvgIpc) is 2.81. The van der Waals surface area contributed by atoms with Gasteiger partial charge in [0.15, 0.2) is 0 Å². The van der Waals surface area contributed by atoms with Gasteiger partial charge < -0.3 is 10.6 Å². The molecule has 0 fully saturated rings. The number of anilines is 1. The standard InChI is InChI=1S/C24H18FN5O/c25-18-9-7-16(8-10-18)22-14-20(19-5-1-2-6-21(19)30-22)24(31)29-13-12-28-23-17(15-26)4-3-11-27-23/h1-11,14H,12-13H2,(H,27,28)(H,29,31). The van der Waals surface area contributed by atoms with Crippen LogP contribution < -0.4 is 10.6 Å². The maximum Gasteiger partial charge on any atom is 0.252 e. The topological polar surface area (TPSA) is 90.7 Å². The number of nitrogens with zero attached hydrogens (tertiary/aromatic N) is 3. The van der Waals surface area contributed by atoms with Crippen LogP contribution in [0, 0.1) is 17.1 Å². The Morgan fingerprint density at radius 2 is 1.84 bits per heavy atom. The Hall–Kier alpha value is -4.31. The fraction of sp³-hybridized carbons (Fsp3) is 0.0833. The monoisotopic (exact) mass is 411 g/mol. The predicted octanol–water partition coefficient (Wildman–Crippen LogP) is 4.15. The highest BCUT2D eigenvalue weighted by molar-refractivity contribution is 6.07. The molecular formula is C24H18FN5O. The Kier molecular flexibility index (Phi) is 5.81. The number of halogens is 1. The third-order valence-corrected chi connectivity index (χ3v) is 4.73. The summed E-state index contributed by atoms with van der Waals surface area (Å²) in [6.07, 6.45) is 1.60. The first-order valence-electron chi connectivity index (χ1n) is 9.68. The molecule has 0 saturated carbocycles. The van der Waals surface area contributed by atoms with Gasteiger partial charge in [0.05, 0.1) is 22.3 Å². The first-order chi connectivity index (χ1) is 15.2. The number of carbonyl (C=O) groups excluding carboxylic acids is 1. The molecule has 0 radical (unpaired) electrons. The van der Waals surface area contributed by atoms with Crippen LogP contribution in [0.3, 0.4) is 0 Å². The van der Waals surface area contributed by atoms with E-state index in [1.165, 1.54) is 12.1 Å². The Labute approximate surface area is 178 Å². The van der Waals surface area contributed by atoms with Gasteiger partial charge in [-0.3, -0.25) is 4.79 Å². The normalized spacial score (nSPS) is 10.5. The second-order valence-electron chi connectivity index (χ2n) is 6.77. The Morgan fingerprint density at radius 3 is 2.65 bits per heavy atom. The van der Waals surface area contributed by atoms with E-state index in [0.29, 0.717) is 41.2 Å². The zero-order valence-corrected chi connectivity index (χ0v) is 16.5. The molecule has 1 amide bonds. The molecular weight excluding hydrogens is 393 g/mol. The van der Waals surface area contributed by atoms with Gasteiger partial charge in [0, 0.05) is 30.2 Å². The molecule has 7 heteroatoms. The lowest BCUT2D eigenvalue weighted by molar-refractivity contribution is 0.0957. The molecule has 0 saturated heterocycles. The summed E-state index contributed by atoms with van der Waals surface area (Å²) in [4.78, 5) is 21.7. The number of benzene rings is 2. The van der Waals surface area contributed by atoms with Crippen LogP contribution in [0.2, 0.25) is 0 Å². The number of rotatable bonds is 6. The number of fused-ring (bicyclic) bond motifs is 1. The first kappa shape index (κ1) is 20.0. The van der Waals surface area contributed by atoms with Crippen molar-refractivity contribution in [3.8, 4) is 17.3 Å². The molecule has 0 unspecified atom stereocenters. The number of nitrogens with one attached hydrogen (secondary N) is 2.